The third kappa shape index (κ3) is 4.44. The molecule has 0 aromatic heterocycles. The Kier molecular flexibility index (Phi) is 5.85. The van der Waals surface area contributed by atoms with Crippen molar-refractivity contribution in [2.45, 2.75) is 38.9 Å². The fraction of sp³-hybridized carbons (Fsp3) is 0.500. The number of benzene rings is 1. The Hall–Kier alpha value is -0.840. The SMILES string of the molecule is CC(=O)SCC(O)C(O)c1cccc(C(C)C)c1. The summed E-state index contributed by atoms with van der Waals surface area (Å²) in [4.78, 5) is 10.8. The predicted octanol–water partition coefficient (Wildman–Crippen LogP) is 2.48. The van der Waals surface area contributed by atoms with E-state index in [0.29, 0.717) is 11.5 Å². The topological polar surface area (TPSA) is 57.5 Å². The van der Waals surface area contributed by atoms with Crippen molar-refractivity contribution in [1.29, 1.82) is 0 Å². The first kappa shape index (κ1) is 15.2. The van der Waals surface area contributed by atoms with Gasteiger partial charge in [-0.2, -0.15) is 0 Å². The number of hydrogen-bond donors (Lipinski definition) is 2. The number of carbonyl (C=O) groups excluding carboxylic acids is 1. The van der Waals surface area contributed by atoms with Gasteiger partial charge in [0.15, 0.2) is 5.12 Å². The molecule has 0 aliphatic rings. The van der Waals surface area contributed by atoms with Gasteiger partial charge in [0.2, 0.25) is 0 Å². The molecule has 0 bridgehead atoms. The molecule has 100 valence electrons. The van der Waals surface area contributed by atoms with Gasteiger partial charge in [-0.3, -0.25) is 4.79 Å². The molecule has 1 aromatic rings. The van der Waals surface area contributed by atoms with Crippen LogP contribution < -0.4 is 0 Å². The van der Waals surface area contributed by atoms with Crippen molar-refractivity contribution in [3.8, 4) is 0 Å². The summed E-state index contributed by atoms with van der Waals surface area (Å²) in [6.45, 7) is 5.60. The van der Waals surface area contributed by atoms with E-state index in [4.69, 9.17) is 0 Å². The first-order valence-corrected chi connectivity index (χ1v) is 6.99. The third-order valence-electron chi connectivity index (χ3n) is 2.74. The molecule has 18 heavy (non-hydrogen) atoms. The highest BCUT2D eigenvalue weighted by atomic mass is 32.2. The number of aliphatic hydroxyl groups excluding tert-OH is 2. The Morgan fingerprint density at radius 1 is 1.28 bits per heavy atom. The highest BCUT2D eigenvalue weighted by Crippen LogP contribution is 2.23. The summed E-state index contributed by atoms with van der Waals surface area (Å²) < 4.78 is 0. The summed E-state index contributed by atoms with van der Waals surface area (Å²) >= 11 is 1.02. The average Bonchev–Trinajstić information content (AvgIpc) is 2.35. The molecule has 4 heteroatoms. The Morgan fingerprint density at radius 3 is 2.44 bits per heavy atom. The number of hydrogen-bond acceptors (Lipinski definition) is 4. The van der Waals surface area contributed by atoms with Gasteiger partial charge in [0.05, 0.1) is 6.10 Å². The summed E-state index contributed by atoms with van der Waals surface area (Å²) in [5.41, 5.74) is 1.82. The van der Waals surface area contributed by atoms with Crippen molar-refractivity contribution >= 4 is 16.9 Å². The van der Waals surface area contributed by atoms with Crippen LogP contribution in [0, 0.1) is 0 Å². The molecule has 0 heterocycles. The molecule has 2 N–H and O–H groups in total. The quantitative estimate of drug-likeness (QED) is 0.861. The smallest absolute Gasteiger partial charge is 0.185 e. The average molecular weight is 268 g/mol. The molecule has 0 spiro atoms. The second-order valence-electron chi connectivity index (χ2n) is 4.64. The van der Waals surface area contributed by atoms with Crippen molar-refractivity contribution < 1.29 is 15.0 Å². The molecule has 0 radical (unpaired) electrons. The van der Waals surface area contributed by atoms with Crippen LogP contribution in [0.1, 0.15) is 43.9 Å². The summed E-state index contributed by atoms with van der Waals surface area (Å²) in [6.07, 6.45) is -1.88. The molecule has 3 nitrogen and oxygen atoms in total. The van der Waals surface area contributed by atoms with Crippen LogP contribution in [-0.2, 0) is 4.79 Å². The zero-order valence-corrected chi connectivity index (χ0v) is 11.8. The first-order chi connectivity index (χ1) is 8.41. The molecule has 2 unspecified atom stereocenters. The minimum absolute atomic E-state index is 0.0582. The standard InChI is InChI=1S/C14H20O3S/c1-9(2)11-5-4-6-12(7-11)14(17)13(16)8-18-10(3)15/h4-7,9,13-14,16-17H,8H2,1-3H3. The second kappa shape index (κ2) is 6.92. The van der Waals surface area contributed by atoms with Gasteiger partial charge >= 0.3 is 0 Å². The Morgan fingerprint density at radius 2 is 1.89 bits per heavy atom. The third-order valence-corrected chi connectivity index (χ3v) is 3.66. The van der Waals surface area contributed by atoms with E-state index in [1.807, 2.05) is 18.2 Å². The number of aliphatic hydroxyl groups is 2. The Balaban J connectivity index is 2.73. The maximum absolute atomic E-state index is 10.8. The lowest BCUT2D eigenvalue weighted by Gasteiger charge is -2.18. The van der Waals surface area contributed by atoms with E-state index in [2.05, 4.69) is 13.8 Å². The molecule has 1 aromatic carbocycles. The van der Waals surface area contributed by atoms with E-state index < -0.39 is 12.2 Å². The molecular weight excluding hydrogens is 248 g/mol. The zero-order chi connectivity index (χ0) is 13.7. The van der Waals surface area contributed by atoms with E-state index in [1.54, 1.807) is 6.07 Å². The molecule has 1 rings (SSSR count). The Labute approximate surface area is 112 Å². The largest absolute Gasteiger partial charge is 0.389 e. The summed E-state index contributed by atoms with van der Waals surface area (Å²) in [5.74, 6) is 0.587. The normalized spacial score (nSPS) is 14.6. The highest BCUT2D eigenvalue weighted by molar-refractivity contribution is 8.13. The number of thioether (sulfide) groups is 1. The highest BCUT2D eigenvalue weighted by Gasteiger charge is 2.19. The van der Waals surface area contributed by atoms with Crippen LogP contribution in [0.5, 0.6) is 0 Å². The van der Waals surface area contributed by atoms with Gasteiger partial charge < -0.3 is 10.2 Å². The van der Waals surface area contributed by atoms with Crippen LogP contribution in [0.2, 0.25) is 0 Å². The van der Waals surface area contributed by atoms with E-state index in [9.17, 15) is 15.0 Å². The van der Waals surface area contributed by atoms with Crippen molar-refractivity contribution in [1.82, 2.24) is 0 Å². The van der Waals surface area contributed by atoms with Gasteiger partial charge in [-0.1, -0.05) is 49.9 Å². The minimum Gasteiger partial charge on any atom is -0.389 e. The fourth-order valence-corrected chi connectivity index (χ4v) is 2.21. The summed E-state index contributed by atoms with van der Waals surface area (Å²) in [6, 6.07) is 7.56. The molecule has 0 aliphatic heterocycles. The van der Waals surface area contributed by atoms with E-state index in [0.717, 1.165) is 17.3 Å². The molecule has 0 fully saturated rings. The van der Waals surface area contributed by atoms with Crippen molar-refractivity contribution in [3.63, 3.8) is 0 Å². The maximum atomic E-state index is 10.8. The van der Waals surface area contributed by atoms with Crippen LogP contribution in [0.15, 0.2) is 24.3 Å². The van der Waals surface area contributed by atoms with Crippen LogP contribution in [0.25, 0.3) is 0 Å². The van der Waals surface area contributed by atoms with Crippen LogP contribution in [0.3, 0.4) is 0 Å². The monoisotopic (exact) mass is 268 g/mol. The number of rotatable bonds is 5. The predicted molar refractivity (Wildman–Crippen MR) is 74.6 cm³/mol. The van der Waals surface area contributed by atoms with Gasteiger partial charge in [0.1, 0.15) is 6.10 Å². The van der Waals surface area contributed by atoms with Gasteiger partial charge in [0, 0.05) is 12.7 Å². The van der Waals surface area contributed by atoms with E-state index in [-0.39, 0.29) is 10.9 Å². The Bertz CT molecular complexity index is 404. The first-order valence-electron chi connectivity index (χ1n) is 6.01. The van der Waals surface area contributed by atoms with Gasteiger partial charge in [0.25, 0.3) is 0 Å². The molecule has 0 aliphatic carbocycles. The van der Waals surface area contributed by atoms with E-state index >= 15 is 0 Å². The molecular formula is C14H20O3S. The second-order valence-corrected chi connectivity index (χ2v) is 5.84. The van der Waals surface area contributed by atoms with Crippen LogP contribution in [-0.4, -0.2) is 27.2 Å². The van der Waals surface area contributed by atoms with Crippen molar-refractivity contribution in [2.75, 3.05) is 5.75 Å². The van der Waals surface area contributed by atoms with Crippen molar-refractivity contribution in [3.05, 3.63) is 35.4 Å². The zero-order valence-electron chi connectivity index (χ0n) is 11.0. The lowest BCUT2D eigenvalue weighted by Crippen LogP contribution is -2.21. The van der Waals surface area contributed by atoms with Crippen LogP contribution >= 0.6 is 11.8 Å². The van der Waals surface area contributed by atoms with Gasteiger partial charge in [-0.25, -0.2) is 0 Å². The lowest BCUT2D eigenvalue weighted by atomic mass is 9.97. The lowest BCUT2D eigenvalue weighted by molar-refractivity contribution is -0.109. The van der Waals surface area contributed by atoms with E-state index in [1.165, 1.54) is 6.92 Å². The summed E-state index contributed by atoms with van der Waals surface area (Å²) in [7, 11) is 0. The van der Waals surface area contributed by atoms with Crippen molar-refractivity contribution in [2.24, 2.45) is 0 Å². The molecule has 0 amide bonds. The molecule has 2 atom stereocenters. The van der Waals surface area contributed by atoms with Gasteiger partial charge in [-0.05, 0) is 17.0 Å². The summed E-state index contributed by atoms with van der Waals surface area (Å²) in [5, 5.41) is 19.8. The fourth-order valence-electron chi connectivity index (χ4n) is 1.62. The molecule has 0 saturated carbocycles. The molecule has 0 saturated heterocycles. The van der Waals surface area contributed by atoms with Gasteiger partial charge in [-0.15, -0.1) is 0 Å². The minimum atomic E-state index is -0.949. The number of carbonyl (C=O) groups is 1. The maximum Gasteiger partial charge on any atom is 0.185 e. The van der Waals surface area contributed by atoms with Crippen LogP contribution in [0.4, 0.5) is 0 Å².